The number of methoxy groups -OCH3 is 1. The van der Waals surface area contributed by atoms with Crippen LogP contribution in [0.5, 0.6) is 5.75 Å². The SMILES string of the molecule is COc1ccc(-c2c(C)sc(N)c2C(=O)O)cc1. The molecule has 18 heavy (non-hydrogen) atoms. The van der Waals surface area contributed by atoms with E-state index in [1.54, 1.807) is 19.2 Å². The fraction of sp³-hybridized carbons (Fsp3) is 0.154. The number of carboxylic acid groups (broad SMARTS) is 1. The molecule has 0 aliphatic carbocycles. The number of anilines is 1. The van der Waals surface area contributed by atoms with Gasteiger partial charge in [0.2, 0.25) is 0 Å². The molecule has 0 unspecified atom stereocenters. The molecule has 0 amide bonds. The summed E-state index contributed by atoms with van der Waals surface area (Å²) in [7, 11) is 1.59. The molecule has 94 valence electrons. The summed E-state index contributed by atoms with van der Waals surface area (Å²) >= 11 is 1.29. The zero-order valence-corrected chi connectivity index (χ0v) is 10.9. The van der Waals surface area contributed by atoms with E-state index in [9.17, 15) is 9.90 Å². The molecular formula is C13H13NO3S. The van der Waals surface area contributed by atoms with E-state index in [0.29, 0.717) is 10.6 Å². The molecule has 0 saturated carbocycles. The molecule has 1 heterocycles. The standard InChI is InChI=1S/C13H13NO3S/c1-7-10(11(13(15)16)12(14)18-7)8-3-5-9(17-2)6-4-8/h3-6H,14H2,1-2H3,(H,15,16). The Hall–Kier alpha value is -2.01. The number of thiophene rings is 1. The number of hydrogen-bond donors (Lipinski definition) is 2. The molecule has 0 radical (unpaired) electrons. The smallest absolute Gasteiger partial charge is 0.339 e. The molecule has 0 spiro atoms. The van der Waals surface area contributed by atoms with Crippen LogP contribution < -0.4 is 10.5 Å². The Morgan fingerprint density at radius 3 is 2.44 bits per heavy atom. The first-order valence-electron chi connectivity index (χ1n) is 5.31. The van der Waals surface area contributed by atoms with E-state index < -0.39 is 5.97 Å². The van der Waals surface area contributed by atoms with Crippen LogP contribution in [0.2, 0.25) is 0 Å². The molecule has 0 bridgehead atoms. The number of nitrogens with two attached hydrogens (primary N) is 1. The summed E-state index contributed by atoms with van der Waals surface area (Å²) in [5, 5.41) is 9.56. The quantitative estimate of drug-likeness (QED) is 0.892. The van der Waals surface area contributed by atoms with Gasteiger partial charge in [0.05, 0.1) is 7.11 Å². The monoisotopic (exact) mass is 263 g/mol. The van der Waals surface area contributed by atoms with Crippen LogP contribution in [0.25, 0.3) is 11.1 Å². The highest BCUT2D eigenvalue weighted by Gasteiger charge is 2.20. The Labute approximate surface area is 109 Å². The maximum Gasteiger partial charge on any atom is 0.339 e. The van der Waals surface area contributed by atoms with Crippen LogP contribution in [0.3, 0.4) is 0 Å². The average Bonchev–Trinajstić information content (AvgIpc) is 2.64. The summed E-state index contributed by atoms with van der Waals surface area (Å²) in [6.45, 7) is 1.87. The molecule has 2 aromatic rings. The highest BCUT2D eigenvalue weighted by Crippen LogP contribution is 2.38. The van der Waals surface area contributed by atoms with E-state index >= 15 is 0 Å². The summed E-state index contributed by atoms with van der Waals surface area (Å²) in [6.07, 6.45) is 0. The third kappa shape index (κ3) is 2.04. The van der Waals surface area contributed by atoms with Crippen LogP contribution in [-0.2, 0) is 0 Å². The van der Waals surface area contributed by atoms with Crippen molar-refractivity contribution in [3.63, 3.8) is 0 Å². The first-order valence-corrected chi connectivity index (χ1v) is 6.12. The predicted octanol–water partition coefficient (Wildman–Crippen LogP) is 3.01. The van der Waals surface area contributed by atoms with Gasteiger partial charge < -0.3 is 15.6 Å². The van der Waals surface area contributed by atoms with Crippen LogP contribution in [0.15, 0.2) is 24.3 Å². The topological polar surface area (TPSA) is 72.5 Å². The molecule has 2 rings (SSSR count). The fourth-order valence-electron chi connectivity index (χ4n) is 1.88. The lowest BCUT2D eigenvalue weighted by Crippen LogP contribution is -2.00. The lowest BCUT2D eigenvalue weighted by Gasteiger charge is -2.05. The van der Waals surface area contributed by atoms with Gasteiger partial charge in [-0.15, -0.1) is 11.3 Å². The van der Waals surface area contributed by atoms with E-state index in [1.807, 2.05) is 19.1 Å². The van der Waals surface area contributed by atoms with E-state index in [4.69, 9.17) is 10.5 Å². The predicted molar refractivity (Wildman–Crippen MR) is 72.4 cm³/mol. The highest BCUT2D eigenvalue weighted by molar-refractivity contribution is 7.16. The van der Waals surface area contributed by atoms with Gasteiger partial charge in [-0.05, 0) is 24.6 Å². The van der Waals surface area contributed by atoms with Gasteiger partial charge in [0, 0.05) is 10.4 Å². The van der Waals surface area contributed by atoms with E-state index in [-0.39, 0.29) is 5.56 Å². The zero-order valence-electron chi connectivity index (χ0n) is 10.1. The first-order chi connectivity index (χ1) is 8.54. The number of nitrogen functional groups attached to an aromatic ring is 1. The van der Waals surface area contributed by atoms with Gasteiger partial charge in [0.25, 0.3) is 0 Å². The van der Waals surface area contributed by atoms with Gasteiger partial charge in [-0.2, -0.15) is 0 Å². The number of carbonyl (C=O) groups is 1. The van der Waals surface area contributed by atoms with Crippen LogP contribution in [-0.4, -0.2) is 18.2 Å². The number of benzene rings is 1. The molecule has 1 aromatic carbocycles. The van der Waals surface area contributed by atoms with Gasteiger partial charge in [0.1, 0.15) is 16.3 Å². The second kappa shape index (κ2) is 4.70. The number of hydrogen-bond acceptors (Lipinski definition) is 4. The molecule has 0 atom stereocenters. The summed E-state index contributed by atoms with van der Waals surface area (Å²) in [6, 6.07) is 7.27. The minimum absolute atomic E-state index is 0.183. The fourth-order valence-corrected chi connectivity index (χ4v) is 2.83. The van der Waals surface area contributed by atoms with E-state index in [0.717, 1.165) is 16.2 Å². The average molecular weight is 263 g/mol. The molecule has 0 aliphatic heterocycles. The van der Waals surface area contributed by atoms with Crippen molar-refractivity contribution in [3.05, 3.63) is 34.7 Å². The Balaban J connectivity index is 2.59. The normalized spacial score (nSPS) is 10.3. The third-order valence-electron chi connectivity index (χ3n) is 2.70. The largest absolute Gasteiger partial charge is 0.497 e. The Bertz CT molecular complexity index is 587. The van der Waals surface area contributed by atoms with Crippen molar-refractivity contribution >= 4 is 22.3 Å². The molecule has 5 heteroatoms. The second-order valence-electron chi connectivity index (χ2n) is 3.81. The van der Waals surface area contributed by atoms with Crippen LogP contribution in [0.4, 0.5) is 5.00 Å². The van der Waals surface area contributed by atoms with Crippen molar-refractivity contribution < 1.29 is 14.6 Å². The van der Waals surface area contributed by atoms with E-state index in [1.165, 1.54) is 11.3 Å². The summed E-state index contributed by atoms with van der Waals surface area (Å²) < 4.78 is 5.08. The van der Waals surface area contributed by atoms with Crippen molar-refractivity contribution in [2.45, 2.75) is 6.92 Å². The number of ether oxygens (including phenoxy) is 1. The van der Waals surface area contributed by atoms with Crippen molar-refractivity contribution in [2.24, 2.45) is 0 Å². The number of rotatable bonds is 3. The van der Waals surface area contributed by atoms with Gasteiger partial charge in [-0.1, -0.05) is 12.1 Å². The van der Waals surface area contributed by atoms with Gasteiger partial charge in [-0.25, -0.2) is 4.79 Å². The molecule has 1 aromatic heterocycles. The molecular weight excluding hydrogens is 250 g/mol. The Morgan fingerprint density at radius 2 is 1.94 bits per heavy atom. The van der Waals surface area contributed by atoms with Crippen molar-refractivity contribution in [1.82, 2.24) is 0 Å². The first kappa shape index (κ1) is 12.4. The molecule has 4 nitrogen and oxygen atoms in total. The van der Waals surface area contributed by atoms with Crippen molar-refractivity contribution in [2.75, 3.05) is 12.8 Å². The Kier molecular flexibility index (Phi) is 3.25. The molecule has 0 aliphatic rings. The molecule has 0 fully saturated rings. The van der Waals surface area contributed by atoms with Gasteiger partial charge in [-0.3, -0.25) is 0 Å². The second-order valence-corrected chi connectivity index (χ2v) is 5.06. The number of carboxylic acids is 1. The number of aromatic carboxylic acids is 1. The van der Waals surface area contributed by atoms with Gasteiger partial charge in [0.15, 0.2) is 0 Å². The van der Waals surface area contributed by atoms with Crippen LogP contribution >= 0.6 is 11.3 Å². The summed E-state index contributed by atoms with van der Waals surface area (Å²) in [5.74, 6) is -0.265. The van der Waals surface area contributed by atoms with E-state index in [2.05, 4.69) is 0 Å². The Morgan fingerprint density at radius 1 is 1.33 bits per heavy atom. The minimum atomic E-state index is -0.998. The summed E-state index contributed by atoms with van der Waals surface area (Å²) in [5.41, 5.74) is 7.45. The third-order valence-corrected chi connectivity index (χ3v) is 3.64. The van der Waals surface area contributed by atoms with Crippen molar-refractivity contribution in [3.8, 4) is 16.9 Å². The lowest BCUT2D eigenvalue weighted by atomic mass is 10.0. The van der Waals surface area contributed by atoms with Crippen LogP contribution in [0, 0.1) is 6.92 Å². The lowest BCUT2D eigenvalue weighted by molar-refractivity contribution is 0.0699. The maximum atomic E-state index is 11.3. The van der Waals surface area contributed by atoms with Crippen LogP contribution in [0.1, 0.15) is 15.2 Å². The zero-order chi connectivity index (χ0) is 13.3. The molecule has 3 N–H and O–H groups in total. The summed E-state index contributed by atoms with van der Waals surface area (Å²) in [4.78, 5) is 12.2. The van der Waals surface area contributed by atoms with Crippen molar-refractivity contribution in [1.29, 1.82) is 0 Å². The number of aryl methyl sites for hydroxylation is 1. The maximum absolute atomic E-state index is 11.3. The minimum Gasteiger partial charge on any atom is -0.497 e. The molecule has 0 saturated heterocycles. The highest BCUT2D eigenvalue weighted by atomic mass is 32.1. The van der Waals surface area contributed by atoms with Gasteiger partial charge >= 0.3 is 5.97 Å².